The second-order valence-corrected chi connectivity index (χ2v) is 22.4. The second-order valence-electron chi connectivity index (χ2n) is 8.29. The van der Waals surface area contributed by atoms with Gasteiger partial charge >= 0.3 is 168 Å². The topological polar surface area (TPSA) is 118 Å². The summed E-state index contributed by atoms with van der Waals surface area (Å²) in [6.07, 6.45) is -2.19. The number of aliphatic hydroxyl groups is 1. The number of hydrogen-bond donors (Lipinski definition) is 2. The Labute approximate surface area is 173 Å². The molecule has 0 fully saturated rings. The minimum absolute atomic E-state index is 0.0312. The summed E-state index contributed by atoms with van der Waals surface area (Å²) < 4.78 is 7.49. The van der Waals surface area contributed by atoms with E-state index in [9.17, 15) is 19.8 Å². The molecule has 0 saturated carbocycles. The molecule has 9 nitrogen and oxygen atoms in total. The monoisotopic (exact) mass is 510 g/mol. The Morgan fingerprint density at radius 3 is 2.66 bits per heavy atom. The van der Waals surface area contributed by atoms with Crippen LogP contribution in [0.15, 0.2) is 12.1 Å². The number of rotatable bonds is 6. The smallest absolute Gasteiger partial charge is 0.246 e. The molecule has 2 N–H and O–H groups in total. The third kappa shape index (κ3) is 4.40. The number of fused-ring (bicyclic) bond motifs is 1. The number of amides is 1. The van der Waals surface area contributed by atoms with Gasteiger partial charge in [-0.25, -0.2) is 4.79 Å². The van der Waals surface area contributed by atoms with Crippen LogP contribution in [0.2, 0.25) is 14.8 Å². The summed E-state index contributed by atoms with van der Waals surface area (Å²) in [6.45, 7) is 1.88. The van der Waals surface area contributed by atoms with Crippen LogP contribution in [0.25, 0.3) is 0 Å². The number of esters is 1. The summed E-state index contributed by atoms with van der Waals surface area (Å²) in [6, 6.07) is 3.27. The first-order valence-electron chi connectivity index (χ1n) is 9.35. The van der Waals surface area contributed by atoms with E-state index in [2.05, 4.69) is 24.9 Å². The van der Waals surface area contributed by atoms with Crippen LogP contribution in [0.1, 0.15) is 39.0 Å². The first-order valence-corrected chi connectivity index (χ1v) is 19.3. The number of aromatic nitrogens is 3. The third-order valence-electron chi connectivity index (χ3n) is 5.09. The zero-order valence-corrected chi connectivity index (χ0v) is 20.1. The van der Waals surface area contributed by atoms with Gasteiger partial charge in [-0.05, 0) is 0 Å². The van der Waals surface area contributed by atoms with E-state index in [1.165, 1.54) is 0 Å². The average molecular weight is 509 g/mol. The molecule has 1 aliphatic rings. The number of aryl methyl sites for hydroxylation is 1. The molecule has 1 atom stereocenters. The van der Waals surface area contributed by atoms with Gasteiger partial charge < -0.3 is 0 Å². The number of ether oxygens (including phenoxy) is 1. The molecule has 1 amide bonds. The molecular weight excluding hydrogens is 483 g/mol. The van der Waals surface area contributed by atoms with E-state index in [4.69, 9.17) is 4.74 Å². The van der Waals surface area contributed by atoms with Crippen LogP contribution in [-0.2, 0) is 24.9 Å². The van der Waals surface area contributed by atoms with Crippen molar-refractivity contribution >= 4 is 34.3 Å². The molecule has 29 heavy (non-hydrogen) atoms. The molecule has 0 saturated heterocycles. The number of hydrogen-bond acceptors (Lipinski definition) is 6. The number of carboxylic acid groups (broad SMARTS) is 1. The van der Waals surface area contributed by atoms with E-state index in [1.54, 1.807) is 30.8 Å². The number of cyclic esters (lactones) is 1. The fraction of sp³-hybridized carbons (Fsp3) is 0.474. The minimum atomic E-state index is -2.48. The molecular formula is C19H26N4O5Sn. The van der Waals surface area contributed by atoms with Crippen molar-refractivity contribution < 1.29 is 24.5 Å². The van der Waals surface area contributed by atoms with Gasteiger partial charge in [-0.1, -0.05) is 0 Å². The molecule has 0 radical (unpaired) electrons. The predicted molar refractivity (Wildman–Crippen MR) is 108 cm³/mol. The van der Waals surface area contributed by atoms with Gasteiger partial charge in [0.2, 0.25) is 0 Å². The average Bonchev–Trinajstić information content (AvgIpc) is 3.18. The molecule has 0 unspecified atom stereocenters. The first-order chi connectivity index (χ1) is 13.5. The van der Waals surface area contributed by atoms with Crippen molar-refractivity contribution in [2.75, 3.05) is 6.54 Å². The molecule has 156 valence electrons. The summed E-state index contributed by atoms with van der Waals surface area (Å²) in [4.78, 5) is 35.8. The zero-order valence-electron chi connectivity index (χ0n) is 17.3. The van der Waals surface area contributed by atoms with Crippen molar-refractivity contribution in [2.45, 2.75) is 41.0 Å². The van der Waals surface area contributed by atoms with Crippen LogP contribution in [0.5, 0.6) is 0 Å². The molecule has 1 aromatic carbocycles. The van der Waals surface area contributed by atoms with Gasteiger partial charge in [0.05, 0.1) is 0 Å². The third-order valence-corrected chi connectivity index (χ3v) is 9.52. The summed E-state index contributed by atoms with van der Waals surface area (Å²) >= 11 is -2.48. The standard InChI is InChI=1S/C16H17N4O5.3CH3.Sn/c1-9-10(3-4-11-12(9)7-25-15(11)22)13(21)5-20(16(23)24)6-14-17-8-18-19(14)2;;;;/h3-4,13,21H,5-7H2,1-2H3,(H,23,24);3*1H3;/t13-;;;;/m0..../s1. The van der Waals surface area contributed by atoms with Crippen LogP contribution in [0.4, 0.5) is 4.79 Å². The molecule has 0 aliphatic carbocycles. The minimum Gasteiger partial charge on any atom is -0.246 e. The molecule has 3 rings (SSSR count). The molecule has 0 spiro atoms. The van der Waals surface area contributed by atoms with Gasteiger partial charge in [0, 0.05) is 0 Å². The Kier molecular flexibility index (Phi) is 5.90. The SMILES string of the molecule is Cc1c([C@@H](O)CN(Cc2n[c]([Sn]([CH3])([CH3])[CH3])nn2C)C(=O)O)ccc2c1COC2=O. The Morgan fingerprint density at radius 2 is 2.07 bits per heavy atom. The second kappa shape index (κ2) is 7.94. The maximum atomic E-state index is 11.8. The first kappa shape index (κ1) is 21.6. The van der Waals surface area contributed by atoms with Crippen molar-refractivity contribution in [1.29, 1.82) is 0 Å². The number of aliphatic hydroxyl groups excluding tert-OH is 1. The van der Waals surface area contributed by atoms with Gasteiger partial charge in [-0.3, -0.25) is 0 Å². The number of carbonyl (C=O) groups excluding carboxylic acids is 1. The molecule has 1 aromatic heterocycles. The van der Waals surface area contributed by atoms with E-state index >= 15 is 0 Å². The molecule has 0 bridgehead atoms. The number of nitrogens with zero attached hydrogens (tertiary/aromatic N) is 4. The Bertz CT molecular complexity index is 966. The van der Waals surface area contributed by atoms with Crippen LogP contribution >= 0.6 is 0 Å². The summed E-state index contributed by atoms with van der Waals surface area (Å²) in [7, 11) is 1.75. The molecule has 2 aromatic rings. The van der Waals surface area contributed by atoms with E-state index in [0.717, 1.165) is 19.9 Å². The summed E-state index contributed by atoms with van der Waals surface area (Å²) in [5.41, 5.74) is 2.56. The quantitative estimate of drug-likeness (QED) is 0.449. The fourth-order valence-electron chi connectivity index (χ4n) is 3.29. The van der Waals surface area contributed by atoms with Crippen LogP contribution < -0.4 is 3.84 Å². The van der Waals surface area contributed by atoms with Crippen molar-refractivity contribution in [3.8, 4) is 0 Å². The summed E-state index contributed by atoms with van der Waals surface area (Å²) in [5, 5.41) is 24.9. The van der Waals surface area contributed by atoms with Crippen LogP contribution in [0.3, 0.4) is 0 Å². The van der Waals surface area contributed by atoms with Crippen molar-refractivity contribution in [3.63, 3.8) is 0 Å². The molecule has 1 aliphatic heterocycles. The predicted octanol–water partition coefficient (Wildman–Crippen LogP) is 1.55. The van der Waals surface area contributed by atoms with E-state index < -0.39 is 30.6 Å². The van der Waals surface area contributed by atoms with Gasteiger partial charge in [0.25, 0.3) is 0 Å². The summed E-state index contributed by atoms with van der Waals surface area (Å²) in [5.74, 6) is 0.171. The van der Waals surface area contributed by atoms with Gasteiger partial charge in [0.15, 0.2) is 0 Å². The van der Waals surface area contributed by atoms with E-state index in [1.807, 2.05) is 0 Å². The number of carbonyl (C=O) groups is 2. The van der Waals surface area contributed by atoms with Crippen molar-refractivity contribution in [2.24, 2.45) is 7.05 Å². The van der Waals surface area contributed by atoms with Crippen LogP contribution in [0, 0.1) is 6.92 Å². The van der Waals surface area contributed by atoms with Gasteiger partial charge in [0.1, 0.15) is 0 Å². The fourth-order valence-corrected chi connectivity index (χ4v) is 5.90. The van der Waals surface area contributed by atoms with Crippen molar-refractivity contribution in [1.82, 2.24) is 19.7 Å². The Morgan fingerprint density at radius 1 is 1.38 bits per heavy atom. The van der Waals surface area contributed by atoms with Gasteiger partial charge in [-0.2, -0.15) is 0 Å². The van der Waals surface area contributed by atoms with E-state index in [0.29, 0.717) is 17.0 Å². The number of benzene rings is 1. The van der Waals surface area contributed by atoms with Crippen molar-refractivity contribution in [3.05, 3.63) is 40.2 Å². The van der Waals surface area contributed by atoms with Gasteiger partial charge in [-0.15, -0.1) is 0 Å². The Hall–Kier alpha value is -2.14. The normalized spacial score (nSPS) is 14.5. The molecule has 2 heterocycles. The Balaban J connectivity index is 1.81. The maximum absolute atomic E-state index is 11.8. The zero-order chi connectivity index (χ0) is 21.5. The molecule has 10 heteroatoms. The van der Waals surface area contributed by atoms with E-state index in [-0.39, 0.29) is 25.7 Å². The van der Waals surface area contributed by atoms with Crippen LogP contribution in [-0.4, -0.2) is 66.9 Å².